The van der Waals surface area contributed by atoms with Gasteiger partial charge in [0, 0.05) is 0 Å². The molecule has 0 aliphatic heterocycles. The summed E-state index contributed by atoms with van der Waals surface area (Å²) in [5, 5.41) is 14.2. The highest BCUT2D eigenvalue weighted by atomic mass is 16.5. The number of amides is 1. The number of rotatable bonds is 5. The third kappa shape index (κ3) is 4.52. The average Bonchev–Trinajstić information content (AvgIpc) is 2.74. The molecule has 0 radical (unpaired) electrons. The summed E-state index contributed by atoms with van der Waals surface area (Å²) in [4.78, 5) is 12.4. The van der Waals surface area contributed by atoms with E-state index in [1.54, 1.807) is 12.1 Å². The van der Waals surface area contributed by atoms with E-state index in [-0.39, 0.29) is 11.3 Å². The van der Waals surface area contributed by atoms with Crippen molar-refractivity contribution in [3.8, 4) is 17.2 Å². The van der Waals surface area contributed by atoms with Gasteiger partial charge in [-0.3, -0.25) is 4.79 Å². The van der Waals surface area contributed by atoms with Gasteiger partial charge in [0.2, 0.25) is 0 Å². The molecule has 0 saturated carbocycles. The van der Waals surface area contributed by atoms with Crippen molar-refractivity contribution < 1.29 is 14.6 Å². The first-order valence-electron chi connectivity index (χ1n) is 9.38. The molecule has 4 rings (SSSR count). The molecule has 0 aromatic heterocycles. The van der Waals surface area contributed by atoms with Gasteiger partial charge >= 0.3 is 0 Å². The Bertz CT molecular complexity index is 1090. The molecule has 2 N–H and O–H groups in total. The maximum atomic E-state index is 12.4. The van der Waals surface area contributed by atoms with Gasteiger partial charge in [0.25, 0.3) is 5.91 Å². The molecule has 0 spiro atoms. The van der Waals surface area contributed by atoms with Crippen LogP contribution in [0.5, 0.6) is 17.2 Å². The van der Waals surface area contributed by atoms with Crippen LogP contribution in [-0.2, 0) is 6.42 Å². The molecule has 0 saturated heterocycles. The summed E-state index contributed by atoms with van der Waals surface area (Å²) in [6.07, 6.45) is 7.36. The van der Waals surface area contributed by atoms with E-state index in [0.717, 1.165) is 35.3 Å². The van der Waals surface area contributed by atoms with Crippen LogP contribution >= 0.6 is 0 Å². The number of hydrogen-bond donors (Lipinski definition) is 2. The van der Waals surface area contributed by atoms with Crippen LogP contribution < -0.4 is 10.2 Å². The van der Waals surface area contributed by atoms with Crippen LogP contribution in [0.2, 0.25) is 0 Å². The fourth-order valence-electron chi connectivity index (χ4n) is 3.16. The Morgan fingerprint density at radius 2 is 1.86 bits per heavy atom. The second-order valence-electron chi connectivity index (χ2n) is 6.70. The number of fused-ring (bicyclic) bond motifs is 1. The van der Waals surface area contributed by atoms with Gasteiger partial charge in [0.05, 0.1) is 11.8 Å². The predicted molar refractivity (Wildman–Crippen MR) is 113 cm³/mol. The van der Waals surface area contributed by atoms with Crippen LogP contribution in [0.1, 0.15) is 33.5 Å². The number of allylic oxidation sites excluding steroid dienone is 1. The zero-order valence-electron chi connectivity index (χ0n) is 15.7. The quantitative estimate of drug-likeness (QED) is 0.485. The fourth-order valence-corrected chi connectivity index (χ4v) is 3.16. The van der Waals surface area contributed by atoms with Gasteiger partial charge in [-0.15, -0.1) is 0 Å². The number of benzene rings is 3. The van der Waals surface area contributed by atoms with Crippen LogP contribution in [-0.4, -0.2) is 17.2 Å². The summed E-state index contributed by atoms with van der Waals surface area (Å²) in [6, 6.07) is 20.2. The molecule has 0 heterocycles. The molecule has 5 heteroatoms. The fraction of sp³-hybridized carbons (Fsp3) is 0.0833. The minimum absolute atomic E-state index is 0.0370. The van der Waals surface area contributed by atoms with Crippen LogP contribution in [0.15, 0.2) is 77.9 Å². The molecule has 1 aliphatic carbocycles. The van der Waals surface area contributed by atoms with Gasteiger partial charge in [-0.25, -0.2) is 5.43 Å². The number of carbonyl (C=O) groups excluding carboxylic acids is 1. The second-order valence-corrected chi connectivity index (χ2v) is 6.70. The van der Waals surface area contributed by atoms with Crippen molar-refractivity contribution in [1.82, 2.24) is 5.43 Å². The Kier molecular flexibility index (Phi) is 5.38. The topological polar surface area (TPSA) is 70.9 Å². The normalized spacial score (nSPS) is 12.6. The van der Waals surface area contributed by atoms with E-state index < -0.39 is 5.91 Å². The Balaban J connectivity index is 1.43. The number of aromatic hydroxyl groups is 1. The number of aryl methyl sites for hydroxylation is 1. The van der Waals surface area contributed by atoms with Crippen molar-refractivity contribution >= 4 is 18.2 Å². The second kappa shape index (κ2) is 8.44. The lowest BCUT2D eigenvalue weighted by atomic mass is 9.94. The number of hydrazone groups is 1. The lowest BCUT2D eigenvalue weighted by Gasteiger charge is -2.13. The van der Waals surface area contributed by atoms with Crippen molar-refractivity contribution in [2.45, 2.75) is 12.8 Å². The van der Waals surface area contributed by atoms with Gasteiger partial charge < -0.3 is 9.84 Å². The van der Waals surface area contributed by atoms with Gasteiger partial charge in [-0.1, -0.05) is 42.5 Å². The largest absolute Gasteiger partial charge is 0.507 e. The number of nitrogens with one attached hydrogen (secondary N) is 1. The number of carbonyl (C=O) groups is 1. The molecule has 3 aromatic carbocycles. The average molecular weight is 384 g/mol. The van der Waals surface area contributed by atoms with Crippen molar-refractivity contribution in [2.24, 2.45) is 5.10 Å². The zero-order valence-corrected chi connectivity index (χ0v) is 15.7. The summed E-state index contributed by atoms with van der Waals surface area (Å²) < 4.78 is 5.80. The van der Waals surface area contributed by atoms with Crippen molar-refractivity contribution in [3.63, 3.8) is 0 Å². The Labute approximate surface area is 169 Å². The SMILES string of the molecule is O=C(N/N=C/c1cccc(Oc2ccccc2)c1)c1cc2c(cc1O)CCC=C2. The number of phenols is 1. The monoisotopic (exact) mass is 384 g/mol. The van der Waals surface area contributed by atoms with Crippen LogP contribution in [0.4, 0.5) is 0 Å². The highest BCUT2D eigenvalue weighted by Gasteiger charge is 2.15. The van der Waals surface area contributed by atoms with Crippen molar-refractivity contribution in [2.75, 3.05) is 0 Å². The first-order chi connectivity index (χ1) is 14.2. The van der Waals surface area contributed by atoms with Gasteiger partial charge in [0.1, 0.15) is 17.2 Å². The maximum Gasteiger partial charge on any atom is 0.275 e. The molecule has 1 aliphatic rings. The van der Waals surface area contributed by atoms with Crippen molar-refractivity contribution in [3.05, 3.63) is 95.1 Å². The summed E-state index contributed by atoms with van der Waals surface area (Å²) in [5.41, 5.74) is 5.44. The molecular weight excluding hydrogens is 364 g/mol. The van der Waals surface area contributed by atoms with E-state index in [0.29, 0.717) is 5.75 Å². The smallest absolute Gasteiger partial charge is 0.275 e. The van der Waals surface area contributed by atoms with Crippen LogP contribution in [0.25, 0.3) is 6.08 Å². The first-order valence-corrected chi connectivity index (χ1v) is 9.38. The van der Waals surface area contributed by atoms with E-state index >= 15 is 0 Å². The number of hydrogen-bond acceptors (Lipinski definition) is 4. The zero-order chi connectivity index (χ0) is 20.1. The highest BCUT2D eigenvalue weighted by Crippen LogP contribution is 2.27. The summed E-state index contributed by atoms with van der Waals surface area (Å²) in [5.74, 6) is 0.916. The van der Waals surface area contributed by atoms with E-state index in [1.807, 2.05) is 60.7 Å². The first kappa shape index (κ1) is 18.5. The van der Waals surface area contributed by atoms with Crippen molar-refractivity contribution in [1.29, 1.82) is 0 Å². The number of para-hydroxylation sites is 1. The number of nitrogens with zero attached hydrogens (tertiary/aromatic N) is 1. The number of ether oxygens (including phenoxy) is 1. The predicted octanol–water partition coefficient (Wildman–Crippen LogP) is 4.91. The molecule has 0 unspecified atom stereocenters. The van der Waals surface area contributed by atoms with Gasteiger partial charge in [-0.05, 0) is 65.9 Å². The minimum atomic E-state index is -0.461. The number of phenolic OH excluding ortho intramolecular Hbond substituents is 1. The van der Waals surface area contributed by atoms with Crippen LogP contribution in [0, 0.1) is 0 Å². The maximum absolute atomic E-state index is 12.4. The Hall–Kier alpha value is -3.86. The molecule has 5 nitrogen and oxygen atoms in total. The lowest BCUT2D eigenvalue weighted by molar-refractivity contribution is 0.0952. The lowest BCUT2D eigenvalue weighted by Crippen LogP contribution is -2.18. The van der Waals surface area contributed by atoms with E-state index in [2.05, 4.69) is 16.6 Å². The van der Waals surface area contributed by atoms with Gasteiger partial charge in [-0.2, -0.15) is 5.10 Å². The molecule has 1 amide bonds. The Morgan fingerprint density at radius 1 is 1.03 bits per heavy atom. The van der Waals surface area contributed by atoms with E-state index in [9.17, 15) is 9.90 Å². The third-order valence-electron chi connectivity index (χ3n) is 4.60. The van der Waals surface area contributed by atoms with Crippen LogP contribution in [0.3, 0.4) is 0 Å². The Morgan fingerprint density at radius 3 is 2.72 bits per heavy atom. The third-order valence-corrected chi connectivity index (χ3v) is 4.60. The molecule has 3 aromatic rings. The van der Waals surface area contributed by atoms with E-state index in [1.165, 1.54) is 6.21 Å². The highest BCUT2D eigenvalue weighted by molar-refractivity contribution is 5.98. The minimum Gasteiger partial charge on any atom is -0.507 e. The standard InChI is InChI=1S/C24H20N2O3/c27-23-15-19-9-5-4-8-18(19)14-22(23)24(28)26-25-16-17-7-6-12-21(13-17)29-20-10-2-1-3-11-20/h1-4,6-8,10-16,27H,5,9H2,(H,26,28)/b25-16+. The summed E-state index contributed by atoms with van der Waals surface area (Å²) in [6.45, 7) is 0. The van der Waals surface area contributed by atoms with Gasteiger partial charge in [0.15, 0.2) is 0 Å². The van der Waals surface area contributed by atoms with E-state index in [4.69, 9.17) is 4.74 Å². The summed E-state index contributed by atoms with van der Waals surface area (Å²) >= 11 is 0. The summed E-state index contributed by atoms with van der Waals surface area (Å²) in [7, 11) is 0. The molecule has 0 atom stereocenters. The molecule has 144 valence electrons. The molecule has 0 bridgehead atoms. The molecule has 0 fully saturated rings. The molecule has 29 heavy (non-hydrogen) atoms. The molecular formula is C24H20N2O3.